The maximum atomic E-state index is 11.9. The van der Waals surface area contributed by atoms with Gasteiger partial charge in [-0.1, -0.05) is 15.9 Å². The van der Waals surface area contributed by atoms with E-state index in [4.69, 9.17) is 0 Å². The molecular formula is C13H12BrNO3. The van der Waals surface area contributed by atoms with Gasteiger partial charge >= 0.3 is 5.97 Å². The molecule has 0 aliphatic rings. The molecule has 0 amide bonds. The Morgan fingerprint density at radius 3 is 2.56 bits per heavy atom. The van der Waals surface area contributed by atoms with Crippen LogP contribution in [0, 0.1) is 0 Å². The molecule has 18 heavy (non-hydrogen) atoms. The molecule has 0 saturated heterocycles. The second kappa shape index (κ2) is 4.57. The number of benzene rings is 1. The fourth-order valence-electron chi connectivity index (χ4n) is 2.04. The van der Waals surface area contributed by atoms with Gasteiger partial charge in [-0.15, -0.1) is 0 Å². The van der Waals surface area contributed by atoms with Crippen LogP contribution in [-0.2, 0) is 0 Å². The summed E-state index contributed by atoms with van der Waals surface area (Å²) in [6.07, 6.45) is 0. The number of carbonyl (C=O) groups is 1. The van der Waals surface area contributed by atoms with Crippen molar-refractivity contribution in [3.63, 3.8) is 0 Å². The van der Waals surface area contributed by atoms with Gasteiger partial charge in [0.05, 0.1) is 5.52 Å². The van der Waals surface area contributed by atoms with Gasteiger partial charge in [0.1, 0.15) is 5.69 Å². The summed E-state index contributed by atoms with van der Waals surface area (Å²) in [5, 5.41) is 9.70. The number of aromatic nitrogens is 1. The highest BCUT2D eigenvalue weighted by atomic mass is 79.9. The maximum Gasteiger partial charge on any atom is 0.352 e. The van der Waals surface area contributed by atoms with E-state index in [0.717, 1.165) is 4.47 Å². The monoisotopic (exact) mass is 309 g/mol. The molecule has 0 aliphatic carbocycles. The van der Waals surface area contributed by atoms with Crippen molar-refractivity contribution >= 4 is 32.8 Å². The summed E-state index contributed by atoms with van der Waals surface area (Å²) in [6, 6.07) is 6.40. The number of nitrogens with zero attached hydrogens (tertiary/aromatic N) is 1. The van der Waals surface area contributed by atoms with E-state index in [9.17, 15) is 14.7 Å². The third-order valence-corrected chi connectivity index (χ3v) is 3.24. The molecule has 1 N–H and O–H groups in total. The predicted octanol–water partition coefficient (Wildman–Crippen LogP) is 3.04. The van der Waals surface area contributed by atoms with Crippen LogP contribution in [0.1, 0.15) is 30.4 Å². The maximum absolute atomic E-state index is 11.9. The van der Waals surface area contributed by atoms with Crippen LogP contribution in [-0.4, -0.2) is 15.6 Å². The van der Waals surface area contributed by atoms with E-state index in [2.05, 4.69) is 15.9 Å². The van der Waals surface area contributed by atoms with Crippen LogP contribution in [0.5, 0.6) is 0 Å². The van der Waals surface area contributed by atoms with E-state index in [1.54, 1.807) is 22.8 Å². The largest absolute Gasteiger partial charge is 0.477 e. The molecule has 1 aromatic heterocycles. The molecule has 0 unspecified atom stereocenters. The summed E-state index contributed by atoms with van der Waals surface area (Å²) in [4.78, 5) is 23.2. The van der Waals surface area contributed by atoms with Gasteiger partial charge in [-0.25, -0.2) is 4.79 Å². The smallest absolute Gasteiger partial charge is 0.352 e. The van der Waals surface area contributed by atoms with Crippen molar-refractivity contribution in [1.82, 2.24) is 4.57 Å². The number of carboxylic acids is 1. The average molecular weight is 310 g/mol. The van der Waals surface area contributed by atoms with Crippen molar-refractivity contribution in [2.24, 2.45) is 0 Å². The van der Waals surface area contributed by atoms with Crippen molar-refractivity contribution in [1.29, 1.82) is 0 Å². The second-order valence-electron chi connectivity index (χ2n) is 4.32. The number of rotatable bonds is 2. The summed E-state index contributed by atoms with van der Waals surface area (Å²) >= 11 is 3.31. The summed E-state index contributed by atoms with van der Waals surface area (Å²) in [7, 11) is 0. The molecule has 0 fully saturated rings. The Bertz CT molecular complexity index is 688. The number of halogens is 1. The Kier molecular flexibility index (Phi) is 3.26. The topological polar surface area (TPSA) is 59.3 Å². The Hall–Kier alpha value is -1.62. The lowest BCUT2D eigenvalue weighted by atomic mass is 10.1. The van der Waals surface area contributed by atoms with Crippen LogP contribution in [0.3, 0.4) is 0 Å². The Morgan fingerprint density at radius 1 is 1.33 bits per heavy atom. The van der Waals surface area contributed by atoms with Crippen LogP contribution in [0.4, 0.5) is 0 Å². The van der Waals surface area contributed by atoms with Crippen LogP contribution < -0.4 is 5.43 Å². The van der Waals surface area contributed by atoms with Gasteiger partial charge in [-0.2, -0.15) is 0 Å². The first-order valence-electron chi connectivity index (χ1n) is 5.50. The summed E-state index contributed by atoms with van der Waals surface area (Å²) in [5.41, 5.74) is 0.378. The van der Waals surface area contributed by atoms with Crippen LogP contribution in [0.25, 0.3) is 10.9 Å². The number of fused-ring (bicyclic) bond motifs is 1. The van der Waals surface area contributed by atoms with Crippen molar-refractivity contribution in [3.05, 3.63) is 44.7 Å². The number of carboxylic acid groups (broad SMARTS) is 1. The van der Waals surface area contributed by atoms with E-state index in [0.29, 0.717) is 10.9 Å². The number of pyridine rings is 1. The van der Waals surface area contributed by atoms with Gasteiger partial charge in [-0.05, 0) is 32.0 Å². The van der Waals surface area contributed by atoms with Crippen molar-refractivity contribution in [2.75, 3.05) is 0 Å². The zero-order valence-corrected chi connectivity index (χ0v) is 11.6. The molecule has 0 spiro atoms. The van der Waals surface area contributed by atoms with Gasteiger partial charge < -0.3 is 9.67 Å². The van der Waals surface area contributed by atoms with E-state index in [1.807, 2.05) is 13.8 Å². The van der Waals surface area contributed by atoms with E-state index in [1.165, 1.54) is 6.07 Å². The molecule has 94 valence electrons. The summed E-state index contributed by atoms with van der Waals surface area (Å²) in [6.45, 7) is 3.77. The summed E-state index contributed by atoms with van der Waals surface area (Å²) < 4.78 is 2.45. The lowest BCUT2D eigenvalue weighted by Gasteiger charge is -2.18. The Balaban J connectivity index is 2.99. The quantitative estimate of drug-likeness (QED) is 0.927. The lowest BCUT2D eigenvalue weighted by molar-refractivity contribution is 0.0683. The van der Waals surface area contributed by atoms with Gasteiger partial charge in [0.15, 0.2) is 5.43 Å². The number of aromatic carboxylic acids is 1. The third-order valence-electron chi connectivity index (χ3n) is 2.75. The van der Waals surface area contributed by atoms with Crippen molar-refractivity contribution < 1.29 is 9.90 Å². The van der Waals surface area contributed by atoms with Gasteiger partial charge in [-0.3, -0.25) is 4.79 Å². The minimum absolute atomic E-state index is 0.0184. The molecular weight excluding hydrogens is 298 g/mol. The van der Waals surface area contributed by atoms with Gasteiger partial charge in [0, 0.05) is 22.0 Å². The highest BCUT2D eigenvalue weighted by Crippen LogP contribution is 2.22. The molecule has 0 radical (unpaired) electrons. The molecule has 0 saturated carbocycles. The zero-order valence-electron chi connectivity index (χ0n) is 9.98. The van der Waals surface area contributed by atoms with Crippen molar-refractivity contribution in [2.45, 2.75) is 19.9 Å². The highest BCUT2D eigenvalue weighted by Gasteiger charge is 2.16. The zero-order chi connectivity index (χ0) is 13.4. The fraction of sp³-hybridized carbons (Fsp3) is 0.231. The van der Waals surface area contributed by atoms with Crippen molar-refractivity contribution in [3.8, 4) is 0 Å². The van der Waals surface area contributed by atoms with Gasteiger partial charge in [0.2, 0.25) is 0 Å². The predicted molar refractivity (Wildman–Crippen MR) is 73.3 cm³/mol. The molecule has 0 aliphatic heterocycles. The van der Waals surface area contributed by atoms with E-state index < -0.39 is 5.97 Å². The summed E-state index contributed by atoms with van der Waals surface area (Å²) in [5.74, 6) is -1.09. The fourth-order valence-corrected chi connectivity index (χ4v) is 2.40. The molecule has 2 rings (SSSR count). The average Bonchev–Trinajstić information content (AvgIpc) is 2.28. The van der Waals surface area contributed by atoms with Crippen LogP contribution >= 0.6 is 15.9 Å². The van der Waals surface area contributed by atoms with Crippen LogP contribution in [0.2, 0.25) is 0 Å². The molecule has 1 aromatic carbocycles. The van der Waals surface area contributed by atoms with E-state index >= 15 is 0 Å². The highest BCUT2D eigenvalue weighted by molar-refractivity contribution is 9.10. The molecule has 1 heterocycles. The molecule has 2 aromatic rings. The minimum atomic E-state index is -1.09. The first kappa shape index (κ1) is 12.8. The second-order valence-corrected chi connectivity index (χ2v) is 5.24. The standard InChI is InChI=1S/C13H12BrNO3/c1-7(2)15-10-4-3-8(14)5-9(10)12(16)6-11(15)13(17)18/h3-7H,1-2H3,(H,17,18). The first-order valence-corrected chi connectivity index (χ1v) is 6.29. The molecule has 0 bridgehead atoms. The lowest BCUT2D eigenvalue weighted by Crippen LogP contribution is -2.19. The van der Waals surface area contributed by atoms with Crippen LogP contribution in [0.15, 0.2) is 33.5 Å². The number of hydrogen-bond acceptors (Lipinski definition) is 2. The molecule has 0 atom stereocenters. The Morgan fingerprint density at radius 2 is 2.00 bits per heavy atom. The third kappa shape index (κ3) is 2.06. The van der Waals surface area contributed by atoms with Gasteiger partial charge in [0.25, 0.3) is 0 Å². The first-order chi connectivity index (χ1) is 8.41. The van der Waals surface area contributed by atoms with E-state index in [-0.39, 0.29) is 17.2 Å². The Labute approximate surface area is 112 Å². The SMILES string of the molecule is CC(C)n1c(C(=O)O)cc(=O)c2cc(Br)ccc21. The molecule has 4 nitrogen and oxygen atoms in total. The number of hydrogen-bond donors (Lipinski definition) is 1. The normalized spacial score (nSPS) is 11.1. The molecule has 5 heteroatoms. The minimum Gasteiger partial charge on any atom is -0.477 e.